The van der Waals surface area contributed by atoms with E-state index in [-0.39, 0.29) is 12.0 Å². The van der Waals surface area contributed by atoms with E-state index in [1.165, 1.54) is 0 Å². The fourth-order valence-electron chi connectivity index (χ4n) is 1.60. The number of ether oxygens (including phenoxy) is 1. The number of rotatable bonds is 3. The maximum atomic E-state index is 11.7. The van der Waals surface area contributed by atoms with Crippen LogP contribution in [0.3, 0.4) is 0 Å². The van der Waals surface area contributed by atoms with Crippen LogP contribution in [0.15, 0.2) is 12.4 Å². The summed E-state index contributed by atoms with van der Waals surface area (Å²) in [5.74, 6) is -0.109. The molecule has 0 spiro atoms. The number of hydrogen-bond donors (Lipinski definition) is 2. The summed E-state index contributed by atoms with van der Waals surface area (Å²) in [5.41, 5.74) is 0.575. The van der Waals surface area contributed by atoms with E-state index in [0.29, 0.717) is 18.7 Å². The van der Waals surface area contributed by atoms with Crippen molar-refractivity contribution < 1.29 is 9.53 Å². The van der Waals surface area contributed by atoms with Gasteiger partial charge in [0.1, 0.15) is 0 Å². The van der Waals surface area contributed by atoms with Gasteiger partial charge in [-0.1, -0.05) is 0 Å². The van der Waals surface area contributed by atoms with Gasteiger partial charge in [-0.3, -0.25) is 9.48 Å². The van der Waals surface area contributed by atoms with Crippen LogP contribution in [0.2, 0.25) is 0 Å². The van der Waals surface area contributed by atoms with Crippen molar-refractivity contribution in [3.05, 3.63) is 18.0 Å². The number of carbonyl (C=O) groups is 1. The zero-order valence-corrected chi connectivity index (χ0v) is 9.27. The minimum absolute atomic E-state index is 0.0642. The molecule has 1 aromatic heterocycles. The van der Waals surface area contributed by atoms with E-state index in [2.05, 4.69) is 15.7 Å². The summed E-state index contributed by atoms with van der Waals surface area (Å²) in [7, 11) is 1.78. The Morgan fingerprint density at radius 2 is 2.69 bits per heavy atom. The van der Waals surface area contributed by atoms with Gasteiger partial charge in [-0.2, -0.15) is 5.10 Å². The number of amides is 1. The monoisotopic (exact) mass is 224 g/mol. The summed E-state index contributed by atoms with van der Waals surface area (Å²) >= 11 is 0. The standard InChI is InChI=1S/C10H16N4O2/c1-14-7-8(4-13-14)10(15)12-6-9-5-11-2-3-16-9/h4,7,9,11H,2-3,5-6H2,1H3,(H,12,15). The molecule has 0 saturated carbocycles. The fraction of sp³-hybridized carbons (Fsp3) is 0.600. The summed E-state index contributed by atoms with van der Waals surface area (Å²) in [6.07, 6.45) is 3.30. The molecule has 6 nitrogen and oxygen atoms in total. The molecule has 2 heterocycles. The first kappa shape index (κ1) is 11.1. The highest BCUT2D eigenvalue weighted by molar-refractivity contribution is 5.93. The van der Waals surface area contributed by atoms with Crippen molar-refractivity contribution in [1.29, 1.82) is 0 Å². The third kappa shape index (κ3) is 2.80. The average Bonchev–Trinajstić information content (AvgIpc) is 2.74. The van der Waals surface area contributed by atoms with Crippen molar-refractivity contribution in [3.63, 3.8) is 0 Å². The molecule has 6 heteroatoms. The third-order valence-corrected chi connectivity index (χ3v) is 2.46. The number of aromatic nitrogens is 2. The molecule has 88 valence electrons. The second-order valence-corrected chi connectivity index (χ2v) is 3.81. The van der Waals surface area contributed by atoms with Crippen LogP contribution in [0.25, 0.3) is 0 Å². The lowest BCUT2D eigenvalue weighted by atomic mass is 10.3. The molecule has 1 aromatic rings. The van der Waals surface area contributed by atoms with E-state index in [0.717, 1.165) is 13.1 Å². The minimum Gasteiger partial charge on any atom is -0.374 e. The molecule has 2 N–H and O–H groups in total. The lowest BCUT2D eigenvalue weighted by Gasteiger charge is -2.23. The van der Waals surface area contributed by atoms with Crippen LogP contribution in [-0.4, -0.2) is 48.0 Å². The Labute approximate surface area is 94.0 Å². The third-order valence-electron chi connectivity index (χ3n) is 2.46. The first-order valence-corrected chi connectivity index (χ1v) is 5.35. The van der Waals surface area contributed by atoms with Gasteiger partial charge in [0.25, 0.3) is 5.91 Å². The number of aryl methyl sites for hydroxylation is 1. The zero-order valence-electron chi connectivity index (χ0n) is 9.27. The number of morpholine rings is 1. The predicted molar refractivity (Wildman–Crippen MR) is 58.2 cm³/mol. The number of nitrogens with one attached hydrogen (secondary N) is 2. The predicted octanol–water partition coefficient (Wildman–Crippen LogP) is -0.862. The Morgan fingerprint density at radius 3 is 3.31 bits per heavy atom. The molecule has 16 heavy (non-hydrogen) atoms. The van der Waals surface area contributed by atoms with Crippen molar-refractivity contribution in [2.24, 2.45) is 7.05 Å². The molecule has 1 saturated heterocycles. The van der Waals surface area contributed by atoms with Crippen LogP contribution in [0.5, 0.6) is 0 Å². The van der Waals surface area contributed by atoms with Crippen LogP contribution < -0.4 is 10.6 Å². The largest absolute Gasteiger partial charge is 0.374 e. The Bertz CT molecular complexity index is 357. The van der Waals surface area contributed by atoms with E-state index in [1.54, 1.807) is 24.1 Å². The van der Waals surface area contributed by atoms with Crippen LogP contribution in [-0.2, 0) is 11.8 Å². The van der Waals surface area contributed by atoms with Crippen molar-refractivity contribution in [2.75, 3.05) is 26.2 Å². The highest BCUT2D eigenvalue weighted by Gasteiger charge is 2.15. The van der Waals surface area contributed by atoms with Crippen LogP contribution in [0, 0.1) is 0 Å². The first-order chi connectivity index (χ1) is 7.75. The summed E-state index contributed by atoms with van der Waals surface area (Å²) in [6, 6.07) is 0. The topological polar surface area (TPSA) is 68.2 Å². The van der Waals surface area contributed by atoms with Crippen molar-refractivity contribution in [3.8, 4) is 0 Å². The Hall–Kier alpha value is -1.40. The highest BCUT2D eigenvalue weighted by Crippen LogP contribution is 1.98. The molecule has 0 aromatic carbocycles. The molecule has 1 amide bonds. The normalized spacial score (nSPS) is 20.7. The minimum atomic E-state index is -0.109. The quantitative estimate of drug-likeness (QED) is 0.701. The SMILES string of the molecule is Cn1cc(C(=O)NCC2CNCCO2)cn1. The van der Waals surface area contributed by atoms with Crippen LogP contribution >= 0.6 is 0 Å². The molecule has 0 radical (unpaired) electrons. The van der Waals surface area contributed by atoms with Crippen LogP contribution in [0.1, 0.15) is 10.4 Å². The smallest absolute Gasteiger partial charge is 0.254 e. The van der Waals surface area contributed by atoms with Crippen molar-refractivity contribution in [1.82, 2.24) is 20.4 Å². The summed E-state index contributed by atoms with van der Waals surface area (Å²) in [4.78, 5) is 11.7. The molecule has 1 atom stereocenters. The zero-order chi connectivity index (χ0) is 11.4. The second-order valence-electron chi connectivity index (χ2n) is 3.81. The van der Waals surface area contributed by atoms with E-state index in [1.807, 2.05) is 0 Å². The Kier molecular flexibility index (Phi) is 3.53. The van der Waals surface area contributed by atoms with Gasteiger partial charge >= 0.3 is 0 Å². The van der Waals surface area contributed by atoms with E-state index >= 15 is 0 Å². The number of carbonyl (C=O) groups excluding carboxylic acids is 1. The van der Waals surface area contributed by atoms with Gasteiger partial charge in [0, 0.05) is 32.9 Å². The molecule has 2 rings (SSSR count). The van der Waals surface area contributed by atoms with E-state index in [4.69, 9.17) is 4.74 Å². The summed E-state index contributed by atoms with van der Waals surface area (Å²) in [6.45, 7) is 2.90. The second kappa shape index (κ2) is 5.09. The molecule has 1 fully saturated rings. The average molecular weight is 224 g/mol. The van der Waals surface area contributed by atoms with E-state index < -0.39 is 0 Å². The van der Waals surface area contributed by atoms with Crippen molar-refractivity contribution >= 4 is 5.91 Å². The number of hydrogen-bond acceptors (Lipinski definition) is 4. The maximum absolute atomic E-state index is 11.7. The fourth-order valence-corrected chi connectivity index (χ4v) is 1.60. The van der Waals surface area contributed by atoms with Gasteiger partial charge < -0.3 is 15.4 Å². The van der Waals surface area contributed by atoms with Gasteiger partial charge in [0.05, 0.1) is 24.5 Å². The molecular weight excluding hydrogens is 208 g/mol. The molecule has 1 aliphatic rings. The van der Waals surface area contributed by atoms with E-state index in [9.17, 15) is 4.79 Å². The maximum Gasteiger partial charge on any atom is 0.254 e. The Morgan fingerprint density at radius 1 is 1.81 bits per heavy atom. The molecule has 0 bridgehead atoms. The summed E-state index contributed by atoms with van der Waals surface area (Å²) < 4.78 is 7.08. The van der Waals surface area contributed by atoms with Crippen LogP contribution in [0.4, 0.5) is 0 Å². The molecular formula is C10H16N4O2. The van der Waals surface area contributed by atoms with Gasteiger partial charge in [0.15, 0.2) is 0 Å². The number of nitrogens with zero attached hydrogens (tertiary/aromatic N) is 2. The first-order valence-electron chi connectivity index (χ1n) is 5.35. The molecule has 1 aliphatic heterocycles. The lowest BCUT2D eigenvalue weighted by molar-refractivity contribution is 0.0287. The van der Waals surface area contributed by atoms with Crippen molar-refractivity contribution in [2.45, 2.75) is 6.10 Å². The highest BCUT2D eigenvalue weighted by atomic mass is 16.5. The lowest BCUT2D eigenvalue weighted by Crippen LogP contribution is -2.45. The van der Waals surface area contributed by atoms with Gasteiger partial charge in [-0.05, 0) is 0 Å². The Balaban J connectivity index is 1.79. The molecule has 0 aliphatic carbocycles. The van der Waals surface area contributed by atoms with Gasteiger partial charge in [-0.15, -0.1) is 0 Å². The summed E-state index contributed by atoms with van der Waals surface area (Å²) in [5, 5.41) is 9.98. The van der Waals surface area contributed by atoms with Gasteiger partial charge in [0.2, 0.25) is 0 Å². The molecule has 1 unspecified atom stereocenters. The van der Waals surface area contributed by atoms with Gasteiger partial charge in [-0.25, -0.2) is 0 Å².